The van der Waals surface area contributed by atoms with Gasteiger partial charge in [0.05, 0.1) is 29.8 Å². The van der Waals surface area contributed by atoms with Crippen LogP contribution in [0.25, 0.3) is 33.5 Å². The Morgan fingerprint density at radius 1 is 1.10 bits per heavy atom. The predicted octanol–water partition coefficient (Wildman–Crippen LogP) is 4.75. The number of hydrogen-bond acceptors (Lipinski definition) is 5. The van der Waals surface area contributed by atoms with E-state index in [0.29, 0.717) is 36.0 Å². The lowest BCUT2D eigenvalue weighted by Crippen LogP contribution is -2.41. The van der Waals surface area contributed by atoms with Crippen molar-refractivity contribution in [2.45, 2.75) is 63.1 Å². The fraction of sp³-hybridized carbons (Fsp3) is 0.485. The Labute approximate surface area is 244 Å². The highest BCUT2D eigenvalue weighted by molar-refractivity contribution is 6.00. The van der Waals surface area contributed by atoms with Crippen molar-refractivity contribution in [3.63, 3.8) is 0 Å². The number of carbonyl (C=O) groups excluding carboxylic acids is 1. The highest BCUT2D eigenvalue weighted by Crippen LogP contribution is 2.46. The van der Waals surface area contributed by atoms with Gasteiger partial charge in [-0.2, -0.15) is 0 Å². The number of carbonyl (C=O) groups is 2. The van der Waals surface area contributed by atoms with Gasteiger partial charge < -0.3 is 29.6 Å². The first-order valence-corrected chi connectivity index (χ1v) is 15.3. The van der Waals surface area contributed by atoms with Gasteiger partial charge in [0.1, 0.15) is 11.3 Å². The van der Waals surface area contributed by atoms with Crippen LogP contribution in [-0.2, 0) is 18.4 Å². The monoisotopic (exact) mass is 567 g/mol. The Kier molecular flexibility index (Phi) is 5.74. The van der Waals surface area contributed by atoms with Crippen molar-refractivity contribution < 1.29 is 19.4 Å². The van der Waals surface area contributed by atoms with Gasteiger partial charge in [-0.3, -0.25) is 9.59 Å². The van der Waals surface area contributed by atoms with E-state index in [1.54, 1.807) is 7.11 Å². The molecule has 8 rings (SSSR count). The second-order valence-corrected chi connectivity index (χ2v) is 13.1. The molecule has 0 radical (unpaired) electrons. The number of para-hydroxylation sites is 1. The minimum absolute atomic E-state index is 0.00212. The first-order valence-electron chi connectivity index (χ1n) is 15.3. The summed E-state index contributed by atoms with van der Waals surface area (Å²) < 4.78 is 10.3. The van der Waals surface area contributed by atoms with E-state index in [-0.39, 0.29) is 29.8 Å². The Balaban J connectivity index is 1.23. The Hall–Kier alpha value is -3.85. The molecule has 3 N–H and O–H groups in total. The minimum Gasteiger partial charge on any atom is -0.494 e. The topological polar surface area (TPSA) is 116 Å². The lowest BCUT2D eigenvalue weighted by molar-refractivity contribution is -0.145. The van der Waals surface area contributed by atoms with E-state index >= 15 is 0 Å². The number of carboxylic acids is 1. The van der Waals surface area contributed by atoms with E-state index < -0.39 is 5.97 Å². The van der Waals surface area contributed by atoms with Gasteiger partial charge in [0.15, 0.2) is 5.82 Å². The van der Waals surface area contributed by atoms with E-state index in [2.05, 4.69) is 33.4 Å². The van der Waals surface area contributed by atoms with E-state index in [1.165, 1.54) is 23.9 Å². The van der Waals surface area contributed by atoms with Crippen molar-refractivity contribution in [2.75, 3.05) is 13.7 Å². The van der Waals surface area contributed by atoms with Crippen LogP contribution in [0.2, 0.25) is 0 Å². The van der Waals surface area contributed by atoms with Crippen molar-refractivity contribution in [3.05, 3.63) is 47.5 Å². The maximum absolute atomic E-state index is 13.7. The first-order chi connectivity index (χ1) is 20.3. The number of likely N-dealkylation sites (tertiary alicyclic amines) is 1. The van der Waals surface area contributed by atoms with Gasteiger partial charge in [-0.1, -0.05) is 18.2 Å². The number of fused-ring (bicyclic) bond motifs is 4. The van der Waals surface area contributed by atoms with Crippen LogP contribution in [0.1, 0.15) is 60.4 Å². The van der Waals surface area contributed by atoms with Crippen LogP contribution < -0.4 is 10.5 Å². The highest BCUT2D eigenvalue weighted by Gasteiger charge is 2.47. The summed E-state index contributed by atoms with van der Waals surface area (Å²) >= 11 is 0. The number of amides is 1. The summed E-state index contributed by atoms with van der Waals surface area (Å²) in [6.07, 6.45) is 5.87. The molecule has 3 aliphatic carbocycles. The van der Waals surface area contributed by atoms with Gasteiger partial charge in [0, 0.05) is 43.2 Å². The van der Waals surface area contributed by atoms with Crippen molar-refractivity contribution in [1.29, 1.82) is 0 Å². The molecule has 3 heterocycles. The second-order valence-electron chi connectivity index (χ2n) is 13.1. The molecular weight excluding hydrogens is 530 g/mol. The number of nitrogens with zero attached hydrogens (tertiary/aromatic N) is 4. The van der Waals surface area contributed by atoms with Crippen LogP contribution in [0.5, 0.6) is 5.75 Å². The fourth-order valence-electron chi connectivity index (χ4n) is 7.96. The molecule has 2 aromatic carbocycles. The second kappa shape index (κ2) is 9.33. The number of hydrogen-bond donors (Lipinski definition) is 2. The molecule has 218 valence electrons. The van der Waals surface area contributed by atoms with Crippen molar-refractivity contribution in [2.24, 2.45) is 30.5 Å². The lowest BCUT2D eigenvalue weighted by Gasteiger charge is -2.33. The van der Waals surface area contributed by atoms with E-state index in [1.807, 2.05) is 24.1 Å². The largest absolute Gasteiger partial charge is 0.494 e. The summed E-state index contributed by atoms with van der Waals surface area (Å²) in [4.78, 5) is 32.3. The lowest BCUT2D eigenvalue weighted by atomic mass is 9.71. The van der Waals surface area contributed by atoms with Gasteiger partial charge in [-0.05, 0) is 80.0 Å². The standard InChI is InChI=1S/C33H37N5O4/c1-36-30-24(12-21(14-27(30)42-2)32(39)38-16-19-8-9-25(38)28(19)34)35-31(36)26-13-18-4-3-5-23(20-10-22(11-20)33(40)41)29(18)37(26)15-17-6-7-17/h3-5,12-14,17,19-20,22,25,28H,6-11,15-16,34H2,1-2H3,(H,40,41)/t19-,20?,22?,25-,28?/m1/s1. The van der Waals surface area contributed by atoms with Crippen molar-refractivity contribution >= 4 is 33.8 Å². The van der Waals surface area contributed by atoms with Gasteiger partial charge in [-0.15, -0.1) is 0 Å². The van der Waals surface area contributed by atoms with E-state index in [0.717, 1.165) is 53.9 Å². The van der Waals surface area contributed by atoms with Crippen LogP contribution in [0.3, 0.4) is 0 Å². The molecule has 4 aliphatic rings. The Bertz CT molecular complexity index is 1760. The average Bonchev–Trinajstić information content (AvgIpc) is 3.34. The maximum Gasteiger partial charge on any atom is 0.306 e. The molecule has 1 aliphatic heterocycles. The Morgan fingerprint density at radius 3 is 2.57 bits per heavy atom. The summed E-state index contributed by atoms with van der Waals surface area (Å²) in [5.74, 6) is 1.78. The molecule has 2 aromatic heterocycles. The number of methoxy groups -OCH3 is 1. The number of imidazole rings is 1. The number of nitrogens with two attached hydrogens (primary N) is 1. The van der Waals surface area contributed by atoms with Gasteiger partial charge >= 0.3 is 5.97 Å². The number of aliphatic carboxylic acids is 1. The van der Waals surface area contributed by atoms with Gasteiger partial charge in [0.2, 0.25) is 0 Å². The zero-order valence-corrected chi connectivity index (χ0v) is 24.1. The maximum atomic E-state index is 13.7. The van der Waals surface area contributed by atoms with Crippen LogP contribution in [0, 0.1) is 17.8 Å². The molecule has 42 heavy (non-hydrogen) atoms. The number of aryl methyl sites for hydroxylation is 1. The summed E-state index contributed by atoms with van der Waals surface area (Å²) in [7, 11) is 3.65. The van der Waals surface area contributed by atoms with Crippen LogP contribution >= 0.6 is 0 Å². The minimum atomic E-state index is -0.695. The molecule has 1 unspecified atom stereocenters. The molecule has 1 saturated heterocycles. The molecular formula is C33H37N5O4. The Morgan fingerprint density at radius 2 is 1.90 bits per heavy atom. The zero-order valence-electron chi connectivity index (χ0n) is 24.1. The zero-order chi connectivity index (χ0) is 28.9. The number of benzene rings is 2. The SMILES string of the molecule is COc1cc(C(=O)N2C[C@H]3CC[C@@H]2C3N)cc2nc(-c3cc4cccc(C5CC(C(=O)O)C5)c4n3CC3CC3)n(C)c12. The molecule has 3 atom stereocenters. The molecule has 9 nitrogen and oxygen atoms in total. The predicted molar refractivity (Wildman–Crippen MR) is 160 cm³/mol. The highest BCUT2D eigenvalue weighted by atomic mass is 16.5. The van der Waals surface area contributed by atoms with E-state index in [4.69, 9.17) is 15.5 Å². The fourth-order valence-corrected chi connectivity index (χ4v) is 7.96. The number of rotatable bonds is 7. The molecule has 9 heteroatoms. The number of ether oxygens (including phenoxy) is 1. The normalized spacial score (nSPS) is 26.7. The summed E-state index contributed by atoms with van der Waals surface area (Å²) in [5.41, 5.74) is 12.1. The van der Waals surface area contributed by atoms with Crippen LogP contribution in [-0.4, -0.2) is 61.7 Å². The third-order valence-corrected chi connectivity index (χ3v) is 10.6. The third kappa shape index (κ3) is 3.82. The average molecular weight is 568 g/mol. The third-order valence-electron chi connectivity index (χ3n) is 10.6. The van der Waals surface area contributed by atoms with Crippen LogP contribution in [0.4, 0.5) is 0 Å². The molecule has 1 amide bonds. The number of carboxylic acid groups (broad SMARTS) is 1. The molecule has 3 saturated carbocycles. The summed E-state index contributed by atoms with van der Waals surface area (Å²) in [6, 6.07) is 12.5. The van der Waals surface area contributed by atoms with Gasteiger partial charge in [0.25, 0.3) is 5.91 Å². The smallest absolute Gasteiger partial charge is 0.306 e. The first kappa shape index (κ1) is 25.8. The molecule has 0 spiro atoms. The van der Waals surface area contributed by atoms with Crippen molar-refractivity contribution in [3.8, 4) is 17.3 Å². The summed E-state index contributed by atoms with van der Waals surface area (Å²) in [6.45, 7) is 1.63. The molecule has 4 aromatic rings. The summed E-state index contributed by atoms with van der Waals surface area (Å²) in [5, 5.41) is 10.6. The van der Waals surface area contributed by atoms with E-state index in [9.17, 15) is 14.7 Å². The number of aromatic nitrogens is 3. The molecule has 4 fully saturated rings. The van der Waals surface area contributed by atoms with Gasteiger partial charge in [-0.25, -0.2) is 4.98 Å². The molecule has 2 bridgehead atoms. The van der Waals surface area contributed by atoms with Crippen molar-refractivity contribution in [1.82, 2.24) is 19.0 Å². The number of piperidine rings is 1. The quantitative estimate of drug-likeness (QED) is 0.333. The van der Waals surface area contributed by atoms with Crippen LogP contribution in [0.15, 0.2) is 36.4 Å².